The lowest BCUT2D eigenvalue weighted by Crippen LogP contribution is -2.45. The lowest BCUT2D eigenvalue weighted by Gasteiger charge is -2.29. The van der Waals surface area contributed by atoms with Gasteiger partial charge in [-0.1, -0.05) is 12.2 Å². The van der Waals surface area contributed by atoms with Crippen LogP contribution in [0.3, 0.4) is 0 Å². The van der Waals surface area contributed by atoms with Crippen LogP contribution >= 0.6 is 0 Å². The predicted molar refractivity (Wildman–Crippen MR) is 43.1 cm³/mol. The van der Waals surface area contributed by atoms with Crippen LogP contribution in [-0.4, -0.2) is 11.8 Å². The second kappa shape index (κ2) is 2.73. The number of hydrogen-bond donors (Lipinski definition) is 1. The number of rotatable bonds is 0. The molecule has 0 aromatic rings. The van der Waals surface area contributed by atoms with Gasteiger partial charge in [-0.05, 0) is 18.8 Å². The van der Waals surface area contributed by atoms with E-state index in [1.807, 2.05) is 6.08 Å². The van der Waals surface area contributed by atoms with E-state index in [1.54, 1.807) is 0 Å². The number of nitrogens with one attached hydrogen (secondary N) is 1. The fourth-order valence-corrected chi connectivity index (χ4v) is 1.93. The van der Waals surface area contributed by atoms with E-state index in [4.69, 9.17) is 0 Å². The number of hydrogen-bond acceptors (Lipinski definition) is 2. The Hall–Kier alpha value is -1.12. The van der Waals surface area contributed by atoms with Crippen molar-refractivity contribution < 1.29 is 9.59 Å². The molecule has 2 aliphatic rings. The summed E-state index contributed by atoms with van der Waals surface area (Å²) in [5.41, 5.74) is 0. The largest absolute Gasteiger partial charge is 0.296 e. The van der Waals surface area contributed by atoms with Crippen LogP contribution in [0.4, 0.5) is 0 Å². The van der Waals surface area contributed by atoms with Crippen molar-refractivity contribution in [3.8, 4) is 0 Å². The minimum Gasteiger partial charge on any atom is -0.296 e. The van der Waals surface area contributed by atoms with Crippen molar-refractivity contribution in [2.45, 2.75) is 19.3 Å². The standard InChI is InChI=1S/C9H11NO2/c11-8-5-6-3-1-2-4-7(6)9(12)10-8/h1,3,6-7H,2,4-5H2,(H,10,11,12)/t6-,7-/m0/s1. The van der Waals surface area contributed by atoms with Gasteiger partial charge in [-0.25, -0.2) is 0 Å². The Morgan fingerprint density at radius 3 is 3.08 bits per heavy atom. The lowest BCUT2D eigenvalue weighted by molar-refractivity contribution is -0.138. The zero-order valence-corrected chi connectivity index (χ0v) is 6.75. The molecule has 1 aliphatic heterocycles. The van der Waals surface area contributed by atoms with E-state index in [0.717, 1.165) is 12.8 Å². The first-order valence-electron chi connectivity index (χ1n) is 4.28. The topological polar surface area (TPSA) is 46.2 Å². The smallest absolute Gasteiger partial charge is 0.230 e. The van der Waals surface area contributed by atoms with Gasteiger partial charge >= 0.3 is 0 Å². The number of imide groups is 1. The van der Waals surface area contributed by atoms with Crippen molar-refractivity contribution >= 4 is 11.8 Å². The molecule has 1 heterocycles. The first-order chi connectivity index (χ1) is 5.77. The maximum atomic E-state index is 11.3. The van der Waals surface area contributed by atoms with Gasteiger partial charge in [-0.15, -0.1) is 0 Å². The van der Waals surface area contributed by atoms with Gasteiger partial charge < -0.3 is 0 Å². The van der Waals surface area contributed by atoms with Crippen LogP contribution < -0.4 is 5.32 Å². The monoisotopic (exact) mass is 165 g/mol. The highest BCUT2D eigenvalue weighted by molar-refractivity contribution is 5.99. The van der Waals surface area contributed by atoms with E-state index in [1.165, 1.54) is 0 Å². The Morgan fingerprint density at radius 1 is 1.42 bits per heavy atom. The number of amides is 2. The Labute approximate surface area is 70.8 Å². The summed E-state index contributed by atoms with van der Waals surface area (Å²) in [5.74, 6) is 0.00102. The molecule has 1 N–H and O–H groups in total. The van der Waals surface area contributed by atoms with Gasteiger partial charge in [-0.3, -0.25) is 14.9 Å². The molecular weight excluding hydrogens is 154 g/mol. The van der Waals surface area contributed by atoms with Gasteiger partial charge in [0.2, 0.25) is 11.8 Å². The van der Waals surface area contributed by atoms with Crippen molar-refractivity contribution in [2.24, 2.45) is 11.8 Å². The first kappa shape index (κ1) is 7.53. The molecule has 1 aliphatic carbocycles. The average molecular weight is 165 g/mol. The quantitative estimate of drug-likeness (QED) is 0.422. The van der Waals surface area contributed by atoms with Crippen LogP contribution in [0.25, 0.3) is 0 Å². The van der Waals surface area contributed by atoms with E-state index >= 15 is 0 Å². The summed E-state index contributed by atoms with van der Waals surface area (Å²) >= 11 is 0. The Bertz CT molecular complexity index is 257. The Balaban J connectivity index is 2.20. The van der Waals surface area contributed by atoms with Crippen LogP contribution in [0.15, 0.2) is 12.2 Å². The third-order valence-electron chi connectivity index (χ3n) is 2.56. The van der Waals surface area contributed by atoms with Crippen molar-refractivity contribution in [2.75, 3.05) is 0 Å². The molecule has 3 heteroatoms. The average Bonchev–Trinajstić information content (AvgIpc) is 2.04. The second-order valence-electron chi connectivity index (χ2n) is 3.39. The summed E-state index contributed by atoms with van der Waals surface area (Å²) in [6, 6.07) is 0. The van der Waals surface area contributed by atoms with E-state index in [-0.39, 0.29) is 23.7 Å². The summed E-state index contributed by atoms with van der Waals surface area (Å²) < 4.78 is 0. The molecule has 64 valence electrons. The minimum atomic E-state index is -0.132. The molecule has 1 fully saturated rings. The summed E-state index contributed by atoms with van der Waals surface area (Å²) in [7, 11) is 0. The van der Waals surface area contributed by atoms with Crippen LogP contribution in [0, 0.1) is 11.8 Å². The van der Waals surface area contributed by atoms with Crippen molar-refractivity contribution in [1.82, 2.24) is 5.32 Å². The second-order valence-corrected chi connectivity index (χ2v) is 3.39. The van der Waals surface area contributed by atoms with Crippen molar-refractivity contribution in [3.63, 3.8) is 0 Å². The van der Waals surface area contributed by atoms with Crippen LogP contribution in [0.5, 0.6) is 0 Å². The fraction of sp³-hybridized carbons (Fsp3) is 0.556. The van der Waals surface area contributed by atoms with E-state index in [0.29, 0.717) is 6.42 Å². The number of fused-ring (bicyclic) bond motifs is 1. The SMILES string of the molecule is O=C1C[C@@H]2C=CCC[C@@H]2C(=O)N1. The number of piperidine rings is 1. The minimum absolute atomic E-state index is 0.0488. The molecule has 0 radical (unpaired) electrons. The first-order valence-corrected chi connectivity index (χ1v) is 4.28. The molecule has 2 rings (SSSR count). The number of carbonyl (C=O) groups is 2. The van der Waals surface area contributed by atoms with E-state index in [9.17, 15) is 9.59 Å². The van der Waals surface area contributed by atoms with Gasteiger partial charge in [-0.2, -0.15) is 0 Å². The Morgan fingerprint density at radius 2 is 2.25 bits per heavy atom. The highest BCUT2D eigenvalue weighted by atomic mass is 16.2. The van der Waals surface area contributed by atoms with Gasteiger partial charge in [0.25, 0.3) is 0 Å². The molecule has 0 bridgehead atoms. The van der Waals surface area contributed by atoms with Crippen molar-refractivity contribution in [1.29, 1.82) is 0 Å². The maximum absolute atomic E-state index is 11.3. The Kier molecular flexibility index (Phi) is 1.71. The third-order valence-corrected chi connectivity index (χ3v) is 2.56. The van der Waals surface area contributed by atoms with Crippen LogP contribution in [0.2, 0.25) is 0 Å². The molecule has 3 nitrogen and oxygen atoms in total. The lowest BCUT2D eigenvalue weighted by atomic mass is 9.79. The highest BCUT2D eigenvalue weighted by Crippen LogP contribution is 2.29. The molecule has 0 saturated carbocycles. The number of carbonyl (C=O) groups excluding carboxylic acids is 2. The highest BCUT2D eigenvalue weighted by Gasteiger charge is 2.34. The number of allylic oxidation sites excluding steroid dienone is 2. The van der Waals surface area contributed by atoms with Gasteiger partial charge in [0.15, 0.2) is 0 Å². The predicted octanol–water partition coefficient (Wildman–Crippen LogP) is 0.615. The summed E-state index contributed by atoms with van der Waals surface area (Å²) in [6.07, 6.45) is 6.40. The third kappa shape index (κ3) is 1.15. The zero-order valence-electron chi connectivity index (χ0n) is 6.75. The molecular formula is C9H11NO2. The molecule has 0 spiro atoms. The molecule has 0 aromatic carbocycles. The summed E-state index contributed by atoms with van der Waals surface area (Å²) in [5, 5.41) is 2.37. The molecule has 2 atom stereocenters. The maximum Gasteiger partial charge on any atom is 0.230 e. The molecule has 1 saturated heterocycles. The molecule has 0 unspecified atom stereocenters. The fourth-order valence-electron chi connectivity index (χ4n) is 1.93. The van der Waals surface area contributed by atoms with Gasteiger partial charge in [0.05, 0.1) is 0 Å². The summed E-state index contributed by atoms with van der Waals surface area (Å²) in [6.45, 7) is 0. The van der Waals surface area contributed by atoms with Crippen LogP contribution in [-0.2, 0) is 9.59 Å². The van der Waals surface area contributed by atoms with E-state index in [2.05, 4.69) is 11.4 Å². The van der Waals surface area contributed by atoms with Gasteiger partial charge in [0.1, 0.15) is 0 Å². The molecule has 12 heavy (non-hydrogen) atoms. The molecule has 2 amide bonds. The van der Waals surface area contributed by atoms with Gasteiger partial charge in [0, 0.05) is 12.3 Å². The van der Waals surface area contributed by atoms with E-state index < -0.39 is 0 Å². The van der Waals surface area contributed by atoms with Crippen molar-refractivity contribution in [3.05, 3.63) is 12.2 Å². The normalized spacial score (nSPS) is 34.3. The molecule has 0 aromatic heterocycles. The van der Waals surface area contributed by atoms with Crippen LogP contribution in [0.1, 0.15) is 19.3 Å². The summed E-state index contributed by atoms with van der Waals surface area (Å²) in [4.78, 5) is 22.2. The zero-order chi connectivity index (χ0) is 8.55.